The highest BCUT2D eigenvalue weighted by Crippen LogP contribution is 2.35. The predicted octanol–water partition coefficient (Wildman–Crippen LogP) is 3.29. The molecule has 0 aromatic heterocycles. The second-order valence-corrected chi connectivity index (χ2v) is 5.13. The molecule has 0 radical (unpaired) electrons. The molecule has 8 heteroatoms. The number of amides is 1. The van der Waals surface area contributed by atoms with Crippen LogP contribution in [-0.2, 0) is 11.0 Å². The summed E-state index contributed by atoms with van der Waals surface area (Å²) in [6.45, 7) is -0.186. The maximum atomic E-state index is 12.8. The standard InChI is InChI=1S/C18H18F3NO4/c1-24-15-8-4-5-9-16(15)25-11-10-22-17(23)12-26-14-7-3-2-6-13(14)18(19,20)21/h2-9H,10-12H2,1H3,(H,22,23). The highest BCUT2D eigenvalue weighted by molar-refractivity contribution is 5.77. The van der Waals surface area contributed by atoms with Crippen molar-refractivity contribution in [2.24, 2.45) is 0 Å². The lowest BCUT2D eigenvalue weighted by molar-refractivity contribution is -0.139. The fourth-order valence-electron chi connectivity index (χ4n) is 2.11. The zero-order valence-corrected chi connectivity index (χ0v) is 14.0. The normalized spacial score (nSPS) is 10.9. The van der Waals surface area contributed by atoms with Crippen LogP contribution in [0.15, 0.2) is 48.5 Å². The van der Waals surface area contributed by atoms with E-state index in [-0.39, 0.29) is 18.9 Å². The summed E-state index contributed by atoms with van der Waals surface area (Å²) < 4.78 is 54.1. The lowest BCUT2D eigenvalue weighted by Gasteiger charge is -2.14. The van der Waals surface area contributed by atoms with Gasteiger partial charge in [0.1, 0.15) is 12.4 Å². The van der Waals surface area contributed by atoms with Crippen LogP contribution < -0.4 is 19.5 Å². The van der Waals surface area contributed by atoms with Gasteiger partial charge in [0.05, 0.1) is 19.2 Å². The first-order valence-corrected chi connectivity index (χ1v) is 7.73. The molecule has 1 N–H and O–H groups in total. The van der Waals surface area contributed by atoms with Crippen LogP contribution >= 0.6 is 0 Å². The summed E-state index contributed by atoms with van der Waals surface area (Å²) in [4.78, 5) is 11.7. The molecule has 2 aromatic carbocycles. The van der Waals surface area contributed by atoms with Gasteiger partial charge in [-0.2, -0.15) is 13.2 Å². The van der Waals surface area contributed by atoms with Crippen molar-refractivity contribution in [3.8, 4) is 17.2 Å². The molecule has 0 spiro atoms. The van der Waals surface area contributed by atoms with Crippen molar-refractivity contribution in [3.63, 3.8) is 0 Å². The smallest absolute Gasteiger partial charge is 0.419 e. The van der Waals surface area contributed by atoms with E-state index in [1.807, 2.05) is 0 Å². The topological polar surface area (TPSA) is 56.8 Å². The van der Waals surface area contributed by atoms with Gasteiger partial charge in [-0.25, -0.2) is 0 Å². The molecular formula is C18H18F3NO4. The van der Waals surface area contributed by atoms with E-state index in [4.69, 9.17) is 14.2 Å². The van der Waals surface area contributed by atoms with Gasteiger partial charge in [-0.3, -0.25) is 4.79 Å². The zero-order chi connectivity index (χ0) is 19.0. The third kappa shape index (κ3) is 5.58. The number of hydrogen-bond donors (Lipinski definition) is 1. The Morgan fingerprint density at radius 2 is 1.58 bits per heavy atom. The second kappa shape index (κ2) is 8.98. The lowest BCUT2D eigenvalue weighted by atomic mass is 10.2. The summed E-state index contributed by atoms with van der Waals surface area (Å²) >= 11 is 0. The number of hydrogen-bond acceptors (Lipinski definition) is 4. The van der Waals surface area contributed by atoms with E-state index < -0.39 is 24.3 Å². The number of ether oxygens (including phenoxy) is 3. The van der Waals surface area contributed by atoms with E-state index >= 15 is 0 Å². The summed E-state index contributed by atoms with van der Waals surface area (Å²) in [5.41, 5.74) is -0.924. The molecular weight excluding hydrogens is 351 g/mol. The minimum atomic E-state index is -4.55. The van der Waals surface area contributed by atoms with Gasteiger partial charge in [0.2, 0.25) is 0 Å². The van der Waals surface area contributed by atoms with Crippen molar-refractivity contribution in [1.29, 1.82) is 0 Å². The van der Waals surface area contributed by atoms with E-state index in [1.165, 1.54) is 25.3 Å². The van der Waals surface area contributed by atoms with Crippen LogP contribution in [0.5, 0.6) is 17.2 Å². The number of alkyl halides is 3. The molecule has 0 fully saturated rings. The molecule has 0 unspecified atom stereocenters. The van der Waals surface area contributed by atoms with Crippen molar-refractivity contribution in [2.75, 3.05) is 26.9 Å². The van der Waals surface area contributed by atoms with Crippen molar-refractivity contribution >= 4 is 5.91 Å². The van der Waals surface area contributed by atoms with Gasteiger partial charge in [0.15, 0.2) is 18.1 Å². The minimum Gasteiger partial charge on any atom is -0.493 e. The fraction of sp³-hybridized carbons (Fsp3) is 0.278. The molecule has 0 atom stereocenters. The molecule has 5 nitrogen and oxygen atoms in total. The summed E-state index contributed by atoms with van der Waals surface area (Å²) in [7, 11) is 1.51. The van der Waals surface area contributed by atoms with Gasteiger partial charge in [0.25, 0.3) is 5.91 Å². The summed E-state index contributed by atoms with van der Waals surface area (Å²) in [5.74, 6) is 0.150. The zero-order valence-electron chi connectivity index (χ0n) is 14.0. The number of benzene rings is 2. The molecule has 0 bridgehead atoms. The Balaban J connectivity index is 1.76. The maximum absolute atomic E-state index is 12.8. The first-order chi connectivity index (χ1) is 12.4. The van der Waals surface area contributed by atoms with Crippen molar-refractivity contribution < 1.29 is 32.2 Å². The molecule has 2 rings (SSSR count). The molecule has 140 valence electrons. The van der Waals surface area contributed by atoms with Crippen LogP contribution in [0.4, 0.5) is 13.2 Å². The summed E-state index contributed by atoms with van der Waals surface area (Å²) in [6.07, 6.45) is -4.55. The van der Waals surface area contributed by atoms with Crippen molar-refractivity contribution in [3.05, 3.63) is 54.1 Å². The van der Waals surface area contributed by atoms with Crippen LogP contribution in [0.2, 0.25) is 0 Å². The van der Waals surface area contributed by atoms with E-state index in [0.29, 0.717) is 11.5 Å². The van der Waals surface area contributed by atoms with E-state index in [0.717, 1.165) is 6.07 Å². The Morgan fingerprint density at radius 3 is 2.23 bits per heavy atom. The average Bonchev–Trinajstić information content (AvgIpc) is 2.63. The predicted molar refractivity (Wildman–Crippen MR) is 88.4 cm³/mol. The van der Waals surface area contributed by atoms with Gasteiger partial charge < -0.3 is 19.5 Å². The number of halogens is 3. The molecule has 0 heterocycles. The van der Waals surface area contributed by atoms with Gasteiger partial charge in [-0.05, 0) is 24.3 Å². The number of carbonyl (C=O) groups is 1. The summed E-state index contributed by atoms with van der Waals surface area (Å²) in [5, 5.41) is 2.51. The van der Waals surface area contributed by atoms with E-state index in [9.17, 15) is 18.0 Å². The Kier molecular flexibility index (Phi) is 6.71. The highest BCUT2D eigenvalue weighted by Gasteiger charge is 2.34. The third-order valence-electron chi connectivity index (χ3n) is 3.30. The average molecular weight is 369 g/mol. The lowest BCUT2D eigenvalue weighted by Crippen LogP contribution is -2.32. The van der Waals surface area contributed by atoms with Gasteiger partial charge >= 0.3 is 6.18 Å². The van der Waals surface area contributed by atoms with Crippen LogP contribution in [0, 0.1) is 0 Å². The number of methoxy groups -OCH3 is 1. The molecule has 26 heavy (non-hydrogen) atoms. The Bertz CT molecular complexity index is 734. The van der Waals surface area contributed by atoms with Crippen LogP contribution in [0.1, 0.15) is 5.56 Å². The fourth-order valence-corrected chi connectivity index (χ4v) is 2.11. The third-order valence-corrected chi connectivity index (χ3v) is 3.30. The van der Waals surface area contributed by atoms with Crippen molar-refractivity contribution in [2.45, 2.75) is 6.18 Å². The monoisotopic (exact) mass is 369 g/mol. The Hall–Kier alpha value is -2.90. The number of nitrogens with one attached hydrogen (secondary N) is 1. The van der Waals surface area contributed by atoms with Crippen LogP contribution in [-0.4, -0.2) is 32.8 Å². The van der Waals surface area contributed by atoms with Crippen molar-refractivity contribution in [1.82, 2.24) is 5.32 Å². The minimum absolute atomic E-state index is 0.168. The number of rotatable bonds is 8. The number of carbonyl (C=O) groups excluding carboxylic acids is 1. The quantitative estimate of drug-likeness (QED) is 0.726. The maximum Gasteiger partial charge on any atom is 0.419 e. The first-order valence-electron chi connectivity index (χ1n) is 7.73. The summed E-state index contributed by atoms with van der Waals surface area (Å²) in [6, 6.07) is 11.8. The van der Waals surface area contributed by atoms with Gasteiger partial charge in [-0.1, -0.05) is 24.3 Å². The molecule has 0 aliphatic rings. The van der Waals surface area contributed by atoms with Gasteiger partial charge in [-0.15, -0.1) is 0 Å². The SMILES string of the molecule is COc1ccccc1OCCNC(=O)COc1ccccc1C(F)(F)F. The Morgan fingerprint density at radius 1 is 0.962 bits per heavy atom. The van der Waals surface area contributed by atoms with Gasteiger partial charge in [0, 0.05) is 0 Å². The molecule has 0 aliphatic heterocycles. The molecule has 2 aromatic rings. The molecule has 0 saturated heterocycles. The van der Waals surface area contributed by atoms with Crippen LogP contribution in [0.3, 0.4) is 0 Å². The molecule has 0 saturated carbocycles. The highest BCUT2D eigenvalue weighted by atomic mass is 19.4. The van der Waals surface area contributed by atoms with E-state index in [1.54, 1.807) is 24.3 Å². The molecule has 1 amide bonds. The number of para-hydroxylation sites is 3. The van der Waals surface area contributed by atoms with E-state index in [2.05, 4.69) is 5.32 Å². The second-order valence-electron chi connectivity index (χ2n) is 5.13. The Labute approximate surface area is 148 Å². The first kappa shape index (κ1) is 19.4. The largest absolute Gasteiger partial charge is 0.493 e. The molecule has 0 aliphatic carbocycles. The van der Waals surface area contributed by atoms with Crippen LogP contribution in [0.25, 0.3) is 0 Å².